The van der Waals surface area contributed by atoms with Gasteiger partial charge in [0.1, 0.15) is 18.2 Å². The van der Waals surface area contributed by atoms with E-state index in [0.717, 1.165) is 49.9 Å². The highest BCUT2D eigenvalue weighted by Crippen LogP contribution is 2.43. The number of aromatic nitrogens is 1. The molecule has 0 amide bonds. The van der Waals surface area contributed by atoms with Gasteiger partial charge in [-0.3, -0.25) is 0 Å². The van der Waals surface area contributed by atoms with Crippen LogP contribution in [0.25, 0.3) is 44.3 Å². The molecule has 0 saturated carbocycles. The molecule has 0 atom stereocenters. The molecule has 0 aliphatic heterocycles. The van der Waals surface area contributed by atoms with Crippen LogP contribution in [0.4, 0.5) is 0 Å². The first-order valence-electron chi connectivity index (χ1n) is 11.2. The molecule has 0 radical (unpaired) electrons. The van der Waals surface area contributed by atoms with Crippen LogP contribution in [0, 0.1) is 18.3 Å². The number of furan rings is 1. The lowest BCUT2D eigenvalue weighted by Gasteiger charge is -2.17. The van der Waals surface area contributed by atoms with Crippen molar-refractivity contribution in [3.05, 3.63) is 84.1 Å². The van der Waals surface area contributed by atoms with Crippen molar-refractivity contribution in [3.63, 3.8) is 0 Å². The smallest absolute Gasteiger partial charge is 0.216 e. The van der Waals surface area contributed by atoms with Gasteiger partial charge in [0.15, 0.2) is 6.20 Å². The summed E-state index contributed by atoms with van der Waals surface area (Å²) in [7, 11) is 0.658. The Morgan fingerprint density at radius 3 is 2.33 bits per heavy atom. The molecule has 162 valence electrons. The molecule has 2 aromatic heterocycles. The molecular formula is C29H27N2OSi+. The molecule has 5 aromatic rings. The van der Waals surface area contributed by atoms with Crippen LogP contribution >= 0.6 is 0 Å². The Morgan fingerprint density at radius 2 is 1.67 bits per heavy atom. The summed E-state index contributed by atoms with van der Waals surface area (Å²) in [5.41, 5.74) is 7.75. The topological polar surface area (TPSA) is 40.8 Å². The SMILES string of the molecule is Cc1cc(-c2ccc([Si](C)(C)C)cc2)c2c(oc3cccc(C#N)c32)c1-c1cccc[n+]1C. The second-order valence-electron chi connectivity index (χ2n) is 9.74. The highest BCUT2D eigenvalue weighted by atomic mass is 28.3. The Kier molecular flexibility index (Phi) is 4.95. The lowest BCUT2D eigenvalue weighted by Crippen LogP contribution is -2.37. The number of pyridine rings is 1. The highest BCUT2D eigenvalue weighted by Gasteiger charge is 2.25. The zero-order valence-corrected chi connectivity index (χ0v) is 20.7. The number of hydrogen-bond donors (Lipinski definition) is 0. The molecule has 3 nitrogen and oxygen atoms in total. The molecule has 0 unspecified atom stereocenters. The predicted molar refractivity (Wildman–Crippen MR) is 138 cm³/mol. The summed E-state index contributed by atoms with van der Waals surface area (Å²) in [6, 6.07) is 25.5. The van der Waals surface area contributed by atoms with Crippen LogP contribution < -0.4 is 9.75 Å². The Hall–Kier alpha value is -3.68. The van der Waals surface area contributed by atoms with E-state index in [-0.39, 0.29) is 0 Å². The van der Waals surface area contributed by atoms with Crippen molar-refractivity contribution in [2.75, 3.05) is 0 Å². The normalized spacial score (nSPS) is 11.8. The third-order valence-corrected chi connectivity index (χ3v) is 8.53. The number of aryl methyl sites for hydroxylation is 2. The number of benzene rings is 3. The first kappa shape index (κ1) is 21.2. The summed E-state index contributed by atoms with van der Waals surface area (Å²) >= 11 is 0. The molecule has 0 saturated heterocycles. The van der Waals surface area contributed by atoms with Gasteiger partial charge in [-0.05, 0) is 47.9 Å². The summed E-state index contributed by atoms with van der Waals surface area (Å²) in [5, 5.41) is 13.2. The molecule has 0 fully saturated rings. The van der Waals surface area contributed by atoms with Crippen LogP contribution in [0.2, 0.25) is 19.6 Å². The fourth-order valence-corrected chi connectivity index (χ4v) is 5.86. The van der Waals surface area contributed by atoms with Crippen LogP contribution in [0.15, 0.2) is 77.3 Å². The molecule has 3 aromatic carbocycles. The van der Waals surface area contributed by atoms with Crippen molar-refractivity contribution < 1.29 is 8.98 Å². The Balaban J connectivity index is 1.91. The first-order valence-corrected chi connectivity index (χ1v) is 14.7. The number of nitrogens with zero attached hydrogens (tertiary/aromatic N) is 2. The molecule has 2 heterocycles. The Labute approximate surface area is 195 Å². The van der Waals surface area contributed by atoms with E-state index in [1.807, 2.05) is 43.6 Å². The van der Waals surface area contributed by atoms with Crippen molar-refractivity contribution in [2.24, 2.45) is 7.05 Å². The summed E-state index contributed by atoms with van der Waals surface area (Å²) in [6.07, 6.45) is 2.05. The van der Waals surface area contributed by atoms with E-state index in [1.165, 1.54) is 5.19 Å². The maximum Gasteiger partial charge on any atom is 0.216 e. The average Bonchev–Trinajstić information content (AvgIpc) is 3.18. The van der Waals surface area contributed by atoms with E-state index >= 15 is 0 Å². The number of fused-ring (bicyclic) bond motifs is 3. The van der Waals surface area contributed by atoms with Crippen molar-refractivity contribution in [1.29, 1.82) is 5.26 Å². The first-order chi connectivity index (χ1) is 15.8. The van der Waals surface area contributed by atoms with Crippen LogP contribution in [0.5, 0.6) is 0 Å². The lowest BCUT2D eigenvalue weighted by molar-refractivity contribution is -0.660. The van der Waals surface area contributed by atoms with Gasteiger partial charge in [-0.1, -0.05) is 55.2 Å². The summed E-state index contributed by atoms with van der Waals surface area (Å²) in [6.45, 7) is 9.23. The van der Waals surface area contributed by atoms with E-state index in [0.29, 0.717) is 5.56 Å². The Bertz CT molecular complexity index is 1560. The minimum Gasteiger partial charge on any atom is -0.455 e. The third-order valence-electron chi connectivity index (χ3n) is 6.46. The second-order valence-corrected chi connectivity index (χ2v) is 14.8. The van der Waals surface area contributed by atoms with Gasteiger partial charge in [-0.15, -0.1) is 0 Å². The van der Waals surface area contributed by atoms with E-state index in [9.17, 15) is 5.26 Å². The zero-order valence-electron chi connectivity index (χ0n) is 19.7. The highest BCUT2D eigenvalue weighted by molar-refractivity contribution is 6.88. The van der Waals surface area contributed by atoms with Gasteiger partial charge in [-0.2, -0.15) is 5.26 Å². The minimum atomic E-state index is -1.39. The van der Waals surface area contributed by atoms with Gasteiger partial charge in [0.2, 0.25) is 5.69 Å². The van der Waals surface area contributed by atoms with E-state index in [1.54, 1.807) is 0 Å². The molecule has 5 rings (SSSR count). The minimum absolute atomic E-state index is 0.637. The van der Waals surface area contributed by atoms with Crippen molar-refractivity contribution in [1.82, 2.24) is 0 Å². The predicted octanol–water partition coefficient (Wildman–Crippen LogP) is 6.47. The van der Waals surface area contributed by atoms with Crippen LogP contribution in [0.3, 0.4) is 0 Å². The standard InChI is InChI=1S/C29H27N2OSi/c1-19-17-23(20-12-14-22(15-13-20)33(3,4)5)28-27-21(18-30)9-8-11-25(27)32-29(28)26(19)24-10-6-7-16-31(24)2/h6-17H,1-5H3/q+1. The third kappa shape index (κ3) is 3.46. The molecule has 4 heteroatoms. The molecule has 0 N–H and O–H groups in total. The van der Waals surface area contributed by atoms with Gasteiger partial charge in [0.05, 0.1) is 25.3 Å². The fourth-order valence-electron chi connectivity index (χ4n) is 4.69. The number of hydrogen-bond acceptors (Lipinski definition) is 2. The zero-order chi connectivity index (χ0) is 23.3. The van der Waals surface area contributed by atoms with Crippen LogP contribution in [0.1, 0.15) is 11.1 Å². The molecular weight excluding hydrogens is 420 g/mol. The maximum atomic E-state index is 9.89. The summed E-state index contributed by atoms with van der Waals surface area (Å²) < 4.78 is 8.61. The second kappa shape index (κ2) is 7.72. The van der Waals surface area contributed by atoms with Crippen molar-refractivity contribution >= 4 is 35.2 Å². The largest absolute Gasteiger partial charge is 0.455 e. The van der Waals surface area contributed by atoms with Gasteiger partial charge in [0.25, 0.3) is 0 Å². The summed E-state index contributed by atoms with van der Waals surface area (Å²) in [5.74, 6) is 0. The van der Waals surface area contributed by atoms with Gasteiger partial charge in [-0.25, -0.2) is 4.57 Å². The number of rotatable bonds is 3. The Morgan fingerprint density at radius 1 is 0.909 bits per heavy atom. The molecule has 33 heavy (non-hydrogen) atoms. The van der Waals surface area contributed by atoms with Crippen LogP contribution in [-0.4, -0.2) is 8.07 Å². The van der Waals surface area contributed by atoms with E-state index in [4.69, 9.17) is 4.42 Å². The van der Waals surface area contributed by atoms with Gasteiger partial charge < -0.3 is 4.42 Å². The monoisotopic (exact) mass is 447 g/mol. The molecule has 0 aliphatic carbocycles. The van der Waals surface area contributed by atoms with E-state index < -0.39 is 8.07 Å². The lowest BCUT2D eigenvalue weighted by atomic mass is 9.91. The van der Waals surface area contributed by atoms with Gasteiger partial charge in [0, 0.05) is 22.9 Å². The fraction of sp³-hybridized carbons (Fsp3) is 0.172. The molecule has 0 spiro atoms. The van der Waals surface area contributed by atoms with Gasteiger partial charge >= 0.3 is 0 Å². The molecule has 0 bridgehead atoms. The van der Waals surface area contributed by atoms with Crippen molar-refractivity contribution in [2.45, 2.75) is 26.6 Å². The number of nitriles is 1. The average molecular weight is 448 g/mol. The molecule has 0 aliphatic rings. The van der Waals surface area contributed by atoms with Crippen molar-refractivity contribution in [3.8, 4) is 28.5 Å². The quantitative estimate of drug-likeness (QED) is 0.235. The maximum absolute atomic E-state index is 9.89. The van der Waals surface area contributed by atoms with Crippen LogP contribution in [-0.2, 0) is 7.05 Å². The van der Waals surface area contributed by atoms with E-state index in [2.05, 4.69) is 73.6 Å². The summed E-state index contributed by atoms with van der Waals surface area (Å²) in [4.78, 5) is 0.